The van der Waals surface area contributed by atoms with Gasteiger partial charge in [-0.05, 0) is 12.1 Å². The van der Waals surface area contributed by atoms with Crippen molar-refractivity contribution in [2.75, 3.05) is 26.2 Å². The van der Waals surface area contributed by atoms with Crippen LogP contribution in [0.3, 0.4) is 0 Å². The first kappa shape index (κ1) is 12.6. The molecule has 2 saturated heterocycles. The summed E-state index contributed by atoms with van der Waals surface area (Å²) in [5.74, 6) is -0.458. The third-order valence-corrected chi connectivity index (χ3v) is 3.61. The number of nitrogens with one attached hydrogen (secondary N) is 1. The van der Waals surface area contributed by atoms with Crippen molar-refractivity contribution in [3.63, 3.8) is 0 Å². The van der Waals surface area contributed by atoms with Crippen LogP contribution in [-0.4, -0.2) is 64.7 Å². The van der Waals surface area contributed by atoms with E-state index in [2.05, 4.69) is 10.3 Å². The Bertz CT molecular complexity index is 560. The smallest absolute Gasteiger partial charge is 0.255 e. The Kier molecular flexibility index (Phi) is 3.09. The molecule has 3 heterocycles. The lowest BCUT2D eigenvalue weighted by Gasteiger charge is -2.42. The first-order valence-corrected chi connectivity index (χ1v) is 6.43. The van der Waals surface area contributed by atoms with Crippen molar-refractivity contribution in [3.05, 3.63) is 30.1 Å². The molecule has 1 aromatic rings. The predicted octanol–water partition coefficient (Wildman–Crippen LogP) is -1.14. The second kappa shape index (κ2) is 4.92. The maximum Gasteiger partial charge on any atom is 0.255 e. The highest BCUT2D eigenvalue weighted by Crippen LogP contribution is 2.15. The number of pyridine rings is 1. The molecule has 0 spiro atoms. The van der Waals surface area contributed by atoms with Gasteiger partial charge >= 0.3 is 0 Å². The van der Waals surface area contributed by atoms with Crippen molar-refractivity contribution < 1.29 is 14.4 Å². The van der Waals surface area contributed by atoms with E-state index in [1.807, 2.05) is 0 Å². The number of fused-ring (bicyclic) bond motifs is 1. The normalized spacial score (nSPS) is 22.3. The molecule has 1 atom stereocenters. The quantitative estimate of drug-likeness (QED) is 0.702. The Morgan fingerprint density at radius 2 is 2.20 bits per heavy atom. The Labute approximate surface area is 115 Å². The van der Waals surface area contributed by atoms with Crippen LogP contribution in [0.1, 0.15) is 10.4 Å². The summed E-state index contributed by atoms with van der Waals surface area (Å²) in [5.41, 5.74) is 0.489. The zero-order valence-electron chi connectivity index (χ0n) is 10.8. The Balaban J connectivity index is 1.76. The third-order valence-electron chi connectivity index (χ3n) is 3.61. The molecule has 1 aromatic heterocycles. The summed E-state index contributed by atoms with van der Waals surface area (Å²) in [6, 6.07) is 2.80. The number of piperazine rings is 2. The molecule has 0 unspecified atom stereocenters. The summed E-state index contributed by atoms with van der Waals surface area (Å²) < 4.78 is 0. The van der Waals surface area contributed by atoms with Gasteiger partial charge in [0.2, 0.25) is 11.8 Å². The highest BCUT2D eigenvalue weighted by molar-refractivity contribution is 5.97. The molecule has 0 radical (unpaired) electrons. The molecule has 0 aliphatic carbocycles. The molecule has 2 fully saturated rings. The molecular weight excluding hydrogens is 260 g/mol. The molecule has 0 bridgehead atoms. The SMILES string of the molecule is O=C1NCC(=O)N2CCN(C(=O)c3cccnc3)C[C@@H]12. The maximum atomic E-state index is 12.3. The fourth-order valence-electron chi connectivity index (χ4n) is 2.54. The number of rotatable bonds is 1. The van der Waals surface area contributed by atoms with E-state index in [-0.39, 0.29) is 30.8 Å². The lowest BCUT2D eigenvalue weighted by Crippen LogP contribution is -2.66. The largest absolute Gasteiger partial charge is 0.345 e. The van der Waals surface area contributed by atoms with Gasteiger partial charge in [0.15, 0.2) is 0 Å². The number of carbonyl (C=O) groups excluding carboxylic acids is 3. The summed E-state index contributed by atoms with van der Waals surface area (Å²) in [5, 5.41) is 2.55. The first-order chi connectivity index (χ1) is 9.66. The lowest BCUT2D eigenvalue weighted by atomic mass is 10.1. The average molecular weight is 274 g/mol. The monoisotopic (exact) mass is 274 g/mol. The van der Waals surface area contributed by atoms with E-state index in [4.69, 9.17) is 0 Å². The van der Waals surface area contributed by atoms with Gasteiger partial charge in [0, 0.05) is 25.5 Å². The van der Waals surface area contributed by atoms with E-state index in [1.165, 1.54) is 6.20 Å². The van der Waals surface area contributed by atoms with Gasteiger partial charge in [-0.25, -0.2) is 0 Å². The molecule has 20 heavy (non-hydrogen) atoms. The molecule has 3 rings (SSSR count). The number of aromatic nitrogens is 1. The standard InChI is InChI=1S/C13H14N4O3/c18-11-7-15-12(19)10-8-16(4-5-17(10)11)13(20)9-2-1-3-14-6-9/h1-3,6,10H,4-5,7-8H2,(H,15,19)/t10-/m0/s1. The average Bonchev–Trinajstić information content (AvgIpc) is 2.51. The highest BCUT2D eigenvalue weighted by atomic mass is 16.2. The van der Waals surface area contributed by atoms with Crippen molar-refractivity contribution in [1.82, 2.24) is 20.1 Å². The summed E-state index contributed by atoms with van der Waals surface area (Å²) in [6.07, 6.45) is 3.10. The minimum Gasteiger partial charge on any atom is -0.345 e. The second-order valence-corrected chi connectivity index (χ2v) is 4.81. The fourth-order valence-corrected chi connectivity index (χ4v) is 2.54. The van der Waals surface area contributed by atoms with E-state index in [1.54, 1.807) is 28.1 Å². The molecular formula is C13H14N4O3. The molecule has 0 aromatic carbocycles. The van der Waals surface area contributed by atoms with Gasteiger partial charge < -0.3 is 15.1 Å². The zero-order chi connectivity index (χ0) is 14.1. The van der Waals surface area contributed by atoms with Crippen molar-refractivity contribution in [1.29, 1.82) is 0 Å². The number of amides is 3. The molecule has 7 nitrogen and oxygen atoms in total. The van der Waals surface area contributed by atoms with Crippen LogP contribution in [0.4, 0.5) is 0 Å². The minimum atomic E-state index is -0.578. The first-order valence-electron chi connectivity index (χ1n) is 6.43. The minimum absolute atomic E-state index is 0.0475. The Morgan fingerprint density at radius 3 is 2.95 bits per heavy atom. The van der Waals surface area contributed by atoms with E-state index in [9.17, 15) is 14.4 Å². The van der Waals surface area contributed by atoms with Crippen LogP contribution < -0.4 is 5.32 Å². The van der Waals surface area contributed by atoms with E-state index >= 15 is 0 Å². The summed E-state index contributed by atoms with van der Waals surface area (Å²) in [7, 11) is 0. The van der Waals surface area contributed by atoms with Crippen LogP contribution in [0, 0.1) is 0 Å². The van der Waals surface area contributed by atoms with Crippen LogP contribution in [0.2, 0.25) is 0 Å². The van der Waals surface area contributed by atoms with Gasteiger partial charge in [-0.1, -0.05) is 0 Å². The van der Waals surface area contributed by atoms with Gasteiger partial charge in [-0.2, -0.15) is 0 Å². The van der Waals surface area contributed by atoms with Crippen LogP contribution in [0.5, 0.6) is 0 Å². The molecule has 7 heteroatoms. The second-order valence-electron chi connectivity index (χ2n) is 4.81. The Hall–Kier alpha value is -2.44. The number of hydrogen-bond donors (Lipinski definition) is 1. The molecule has 2 aliphatic heterocycles. The Morgan fingerprint density at radius 1 is 1.35 bits per heavy atom. The lowest BCUT2D eigenvalue weighted by molar-refractivity contribution is -0.148. The van der Waals surface area contributed by atoms with Gasteiger partial charge in [0.05, 0.1) is 18.7 Å². The zero-order valence-corrected chi connectivity index (χ0v) is 10.8. The molecule has 0 saturated carbocycles. The van der Waals surface area contributed by atoms with Crippen LogP contribution >= 0.6 is 0 Å². The van der Waals surface area contributed by atoms with E-state index in [0.717, 1.165) is 0 Å². The van der Waals surface area contributed by atoms with Gasteiger partial charge in [-0.15, -0.1) is 0 Å². The van der Waals surface area contributed by atoms with Crippen molar-refractivity contribution in [2.24, 2.45) is 0 Å². The van der Waals surface area contributed by atoms with Gasteiger partial charge in [-0.3, -0.25) is 19.4 Å². The van der Waals surface area contributed by atoms with Crippen LogP contribution in [-0.2, 0) is 9.59 Å². The summed E-state index contributed by atoms with van der Waals surface area (Å²) >= 11 is 0. The third kappa shape index (κ3) is 2.11. The summed E-state index contributed by atoms with van der Waals surface area (Å²) in [6.45, 7) is 1.10. The van der Waals surface area contributed by atoms with Crippen LogP contribution in [0.15, 0.2) is 24.5 Å². The highest BCUT2D eigenvalue weighted by Gasteiger charge is 2.39. The van der Waals surface area contributed by atoms with Gasteiger partial charge in [0.25, 0.3) is 5.91 Å². The van der Waals surface area contributed by atoms with Crippen molar-refractivity contribution in [3.8, 4) is 0 Å². The topological polar surface area (TPSA) is 82.6 Å². The number of carbonyl (C=O) groups is 3. The van der Waals surface area contributed by atoms with Gasteiger partial charge in [0.1, 0.15) is 6.04 Å². The number of hydrogen-bond acceptors (Lipinski definition) is 4. The fraction of sp³-hybridized carbons (Fsp3) is 0.385. The summed E-state index contributed by atoms with van der Waals surface area (Å²) in [4.78, 5) is 42.9. The molecule has 2 aliphatic rings. The van der Waals surface area contributed by atoms with E-state index < -0.39 is 6.04 Å². The van der Waals surface area contributed by atoms with Crippen LogP contribution in [0.25, 0.3) is 0 Å². The van der Waals surface area contributed by atoms with E-state index in [0.29, 0.717) is 18.7 Å². The maximum absolute atomic E-state index is 12.3. The number of nitrogens with zero attached hydrogens (tertiary/aromatic N) is 3. The molecule has 3 amide bonds. The van der Waals surface area contributed by atoms with Crippen molar-refractivity contribution in [2.45, 2.75) is 6.04 Å². The molecule has 104 valence electrons. The predicted molar refractivity (Wildman–Crippen MR) is 68.7 cm³/mol. The molecule has 1 N–H and O–H groups in total. The van der Waals surface area contributed by atoms with Crippen molar-refractivity contribution >= 4 is 17.7 Å².